The zero-order valence-electron chi connectivity index (χ0n) is 13.5. The van der Waals surface area contributed by atoms with Gasteiger partial charge in [-0.2, -0.15) is 5.06 Å². The lowest BCUT2D eigenvalue weighted by atomic mass is 10.1. The SMILES string of the molecule is O=C(Nc1ccncc1)[C@@H]1C[C@H]2CN1C(=O)N2OCc1ccccc1. The Morgan fingerprint density at radius 2 is 1.96 bits per heavy atom. The highest BCUT2D eigenvalue weighted by molar-refractivity contribution is 5.98. The number of pyridine rings is 1. The molecule has 3 heterocycles. The Bertz CT molecular complexity index is 768. The molecule has 0 radical (unpaired) electrons. The standard InChI is InChI=1S/C18H18N4O3/c23-17(20-14-6-8-19-9-7-14)16-10-15-11-21(16)18(24)22(15)25-12-13-4-2-1-3-5-13/h1-9,15-16H,10-12H2,(H,19,20,23)/t15-,16-/m0/s1. The summed E-state index contributed by atoms with van der Waals surface area (Å²) >= 11 is 0. The molecule has 0 spiro atoms. The highest BCUT2D eigenvalue weighted by atomic mass is 16.7. The Hall–Kier alpha value is -2.93. The van der Waals surface area contributed by atoms with E-state index in [-0.39, 0.29) is 18.0 Å². The lowest BCUT2D eigenvalue weighted by molar-refractivity contribution is -0.150. The van der Waals surface area contributed by atoms with Gasteiger partial charge in [-0.05, 0) is 17.7 Å². The van der Waals surface area contributed by atoms with E-state index >= 15 is 0 Å². The van der Waals surface area contributed by atoms with Crippen LogP contribution in [-0.2, 0) is 16.2 Å². The van der Waals surface area contributed by atoms with Crippen LogP contribution >= 0.6 is 0 Å². The molecule has 2 aromatic rings. The summed E-state index contributed by atoms with van der Waals surface area (Å²) in [7, 11) is 0. The van der Waals surface area contributed by atoms with Gasteiger partial charge in [0, 0.05) is 31.0 Å². The number of hydrogen-bond acceptors (Lipinski definition) is 4. The predicted octanol–water partition coefficient (Wildman–Crippen LogP) is 2.03. The number of urea groups is 1. The molecule has 2 atom stereocenters. The van der Waals surface area contributed by atoms with Crippen LogP contribution < -0.4 is 5.32 Å². The van der Waals surface area contributed by atoms with Gasteiger partial charge in [0.2, 0.25) is 5.91 Å². The second kappa shape index (κ2) is 6.52. The second-order valence-corrected chi connectivity index (χ2v) is 6.15. The van der Waals surface area contributed by atoms with E-state index in [0.29, 0.717) is 25.3 Å². The van der Waals surface area contributed by atoms with Crippen LogP contribution in [0.3, 0.4) is 0 Å². The van der Waals surface area contributed by atoms with Crippen molar-refractivity contribution >= 4 is 17.6 Å². The highest BCUT2D eigenvalue weighted by Gasteiger charge is 2.51. The summed E-state index contributed by atoms with van der Waals surface area (Å²) in [6, 6.07) is 12.3. The van der Waals surface area contributed by atoms with Crippen molar-refractivity contribution in [1.29, 1.82) is 0 Å². The van der Waals surface area contributed by atoms with Crippen LogP contribution in [0.1, 0.15) is 12.0 Å². The molecule has 2 aliphatic heterocycles. The average Bonchev–Trinajstić information content (AvgIpc) is 3.20. The van der Waals surface area contributed by atoms with E-state index in [1.807, 2.05) is 30.3 Å². The summed E-state index contributed by atoms with van der Waals surface area (Å²) in [5.74, 6) is -0.176. The Morgan fingerprint density at radius 1 is 1.20 bits per heavy atom. The van der Waals surface area contributed by atoms with Gasteiger partial charge in [-0.15, -0.1) is 0 Å². The molecule has 0 aliphatic carbocycles. The van der Waals surface area contributed by atoms with Gasteiger partial charge < -0.3 is 10.2 Å². The zero-order valence-corrected chi connectivity index (χ0v) is 13.5. The van der Waals surface area contributed by atoms with E-state index in [2.05, 4.69) is 10.3 Å². The van der Waals surface area contributed by atoms with Gasteiger partial charge in [0.05, 0.1) is 6.04 Å². The van der Waals surface area contributed by atoms with Gasteiger partial charge in [0.1, 0.15) is 12.6 Å². The number of hydroxylamine groups is 2. The first-order valence-corrected chi connectivity index (χ1v) is 8.20. The molecule has 1 aromatic heterocycles. The summed E-state index contributed by atoms with van der Waals surface area (Å²) in [6.45, 7) is 0.854. The van der Waals surface area contributed by atoms with Crippen LogP contribution in [0.2, 0.25) is 0 Å². The summed E-state index contributed by atoms with van der Waals surface area (Å²) < 4.78 is 0. The number of benzene rings is 1. The van der Waals surface area contributed by atoms with Crippen molar-refractivity contribution in [3.8, 4) is 0 Å². The third kappa shape index (κ3) is 3.06. The Kier molecular flexibility index (Phi) is 4.07. The highest BCUT2D eigenvalue weighted by Crippen LogP contribution is 2.32. The molecular weight excluding hydrogens is 320 g/mol. The zero-order chi connectivity index (χ0) is 17.2. The largest absolute Gasteiger partial charge is 0.345 e. The second-order valence-electron chi connectivity index (χ2n) is 6.15. The number of carbonyl (C=O) groups excluding carboxylic acids is 2. The summed E-state index contributed by atoms with van der Waals surface area (Å²) in [5.41, 5.74) is 1.67. The van der Waals surface area contributed by atoms with E-state index in [0.717, 1.165) is 5.56 Å². The molecule has 2 saturated heterocycles. The molecule has 1 aromatic carbocycles. The van der Waals surface area contributed by atoms with Crippen molar-refractivity contribution in [3.63, 3.8) is 0 Å². The monoisotopic (exact) mass is 338 g/mol. The van der Waals surface area contributed by atoms with Gasteiger partial charge in [-0.3, -0.25) is 14.6 Å². The first kappa shape index (κ1) is 15.6. The van der Waals surface area contributed by atoms with Crippen molar-refractivity contribution in [2.75, 3.05) is 11.9 Å². The van der Waals surface area contributed by atoms with E-state index < -0.39 is 6.04 Å². The molecule has 7 heteroatoms. The third-order valence-corrected chi connectivity index (χ3v) is 4.51. The minimum Gasteiger partial charge on any atom is -0.324 e. The molecule has 0 saturated carbocycles. The molecule has 3 amide bonds. The number of carbonyl (C=O) groups is 2. The molecule has 2 aliphatic rings. The smallest absolute Gasteiger partial charge is 0.324 e. The molecule has 7 nitrogen and oxygen atoms in total. The summed E-state index contributed by atoms with van der Waals surface area (Å²) in [6.07, 6.45) is 3.79. The fourth-order valence-electron chi connectivity index (χ4n) is 3.27. The van der Waals surface area contributed by atoms with Crippen LogP contribution in [0.15, 0.2) is 54.9 Å². The Morgan fingerprint density at radius 3 is 2.68 bits per heavy atom. The molecule has 4 rings (SSSR count). The lowest BCUT2D eigenvalue weighted by Crippen LogP contribution is -2.49. The average molecular weight is 338 g/mol. The maximum atomic E-state index is 12.5. The lowest BCUT2D eigenvalue weighted by Gasteiger charge is -2.30. The quantitative estimate of drug-likeness (QED) is 0.905. The third-order valence-electron chi connectivity index (χ3n) is 4.51. The topological polar surface area (TPSA) is 74.8 Å². The number of hydrogen-bond donors (Lipinski definition) is 1. The number of fused-ring (bicyclic) bond motifs is 2. The first-order chi connectivity index (χ1) is 12.2. The van der Waals surface area contributed by atoms with Crippen molar-refractivity contribution in [3.05, 3.63) is 60.4 Å². The van der Waals surface area contributed by atoms with E-state index in [1.165, 1.54) is 5.06 Å². The van der Waals surface area contributed by atoms with Crippen molar-refractivity contribution in [2.45, 2.75) is 25.1 Å². The first-order valence-electron chi connectivity index (χ1n) is 8.20. The minimum atomic E-state index is -0.456. The maximum absolute atomic E-state index is 12.5. The molecule has 0 unspecified atom stereocenters. The molecule has 128 valence electrons. The van der Waals surface area contributed by atoms with Crippen LogP contribution in [0.4, 0.5) is 10.5 Å². The molecule has 2 bridgehead atoms. The van der Waals surface area contributed by atoms with Gasteiger partial charge in [0.25, 0.3) is 0 Å². The van der Waals surface area contributed by atoms with Crippen molar-refractivity contribution in [1.82, 2.24) is 14.9 Å². The van der Waals surface area contributed by atoms with Crippen LogP contribution in [0, 0.1) is 0 Å². The van der Waals surface area contributed by atoms with Crippen molar-refractivity contribution in [2.24, 2.45) is 0 Å². The Labute approximate surface area is 145 Å². The van der Waals surface area contributed by atoms with Crippen LogP contribution in [0.25, 0.3) is 0 Å². The van der Waals surface area contributed by atoms with Gasteiger partial charge in [-0.1, -0.05) is 30.3 Å². The predicted molar refractivity (Wildman–Crippen MR) is 90.2 cm³/mol. The number of nitrogens with zero attached hydrogens (tertiary/aromatic N) is 3. The number of amides is 3. The fraction of sp³-hybridized carbons (Fsp3) is 0.278. The number of nitrogens with one attached hydrogen (secondary N) is 1. The Balaban J connectivity index is 1.36. The van der Waals surface area contributed by atoms with E-state index in [1.54, 1.807) is 29.4 Å². The number of aromatic nitrogens is 1. The maximum Gasteiger partial charge on any atom is 0.345 e. The molecule has 25 heavy (non-hydrogen) atoms. The van der Waals surface area contributed by atoms with Gasteiger partial charge >= 0.3 is 6.03 Å². The van der Waals surface area contributed by atoms with Gasteiger partial charge in [-0.25, -0.2) is 4.79 Å². The summed E-state index contributed by atoms with van der Waals surface area (Å²) in [5, 5.41) is 4.24. The normalized spacial score (nSPS) is 21.7. The van der Waals surface area contributed by atoms with E-state index in [4.69, 9.17) is 4.84 Å². The van der Waals surface area contributed by atoms with Crippen LogP contribution in [0.5, 0.6) is 0 Å². The van der Waals surface area contributed by atoms with Crippen LogP contribution in [-0.4, -0.2) is 45.5 Å². The number of anilines is 1. The molecular formula is C18H18N4O3. The minimum absolute atomic E-state index is 0.0931. The van der Waals surface area contributed by atoms with E-state index in [9.17, 15) is 9.59 Å². The molecule has 2 fully saturated rings. The molecule has 1 N–H and O–H groups in total. The van der Waals surface area contributed by atoms with Gasteiger partial charge in [0.15, 0.2) is 0 Å². The summed E-state index contributed by atoms with van der Waals surface area (Å²) in [4.78, 5) is 36.1. The van der Waals surface area contributed by atoms with Crippen molar-refractivity contribution < 1.29 is 14.4 Å². The fourth-order valence-corrected chi connectivity index (χ4v) is 3.27. The number of rotatable bonds is 5.